The van der Waals surface area contributed by atoms with Crippen molar-refractivity contribution >= 4 is 43.3 Å². The van der Waals surface area contributed by atoms with E-state index in [1.807, 2.05) is 36.4 Å². The lowest BCUT2D eigenvalue weighted by atomic mass is 9.92. The van der Waals surface area contributed by atoms with Gasteiger partial charge in [0.2, 0.25) is 0 Å². The molecule has 2 aromatic heterocycles. The minimum Gasteiger partial charge on any atom is -0.358 e. The van der Waals surface area contributed by atoms with E-state index in [0.717, 1.165) is 84.0 Å². The summed E-state index contributed by atoms with van der Waals surface area (Å²) in [6.07, 6.45) is 10.1. The minimum absolute atomic E-state index is 0.0474. The summed E-state index contributed by atoms with van der Waals surface area (Å²) in [5.74, 6) is 2.57. The second-order valence-electron chi connectivity index (χ2n) is 11.1. The van der Waals surface area contributed by atoms with Gasteiger partial charge in [-0.3, -0.25) is 4.79 Å². The van der Waals surface area contributed by atoms with Crippen molar-refractivity contribution in [1.82, 2.24) is 14.5 Å². The summed E-state index contributed by atoms with van der Waals surface area (Å²) in [5, 5.41) is 2.13. The van der Waals surface area contributed by atoms with Gasteiger partial charge in [0.25, 0.3) is 0 Å². The molecule has 216 valence electrons. The number of halogens is 1. The standard InChI is InChI=1S/C33H32FN3O4S/c1-4-6-8-23-19-28-30(20-27(23)22-9-7-10-25(18-22)41-42(34,39)40)37(24-13-15-36(3)16-14-24)33-31(32(28)38)26-12-11-21(5-2)17-29(26)35-33/h2,7,9-12,17-20,24,35H,4,6,8,13-16H2,1,3H3. The molecule has 6 rings (SSSR count). The van der Waals surface area contributed by atoms with Gasteiger partial charge in [0.05, 0.1) is 10.9 Å². The second-order valence-corrected chi connectivity index (χ2v) is 12.1. The minimum atomic E-state index is -5.17. The van der Waals surface area contributed by atoms with Crippen LogP contribution in [0.15, 0.2) is 59.4 Å². The number of pyridine rings is 1. The van der Waals surface area contributed by atoms with Crippen LogP contribution in [-0.2, 0) is 16.9 Å². The first kappa shape index (κ1) is 28.0. The van der Waals surface area contributed by atoms with Crippen LogP contribution in [0.5, 0.6) is 5.75 Å². The molecule has 0 saturated carbocycles. The Morgan fingerprint density at radius 2 is 1.88 bits per heavy atom. The Bertz CT molecular complexity index is 2050. The van der Waals surface area contributed by atoms with Crippen LogP contribution in [0.25, 0.3) is 44.0 Å². The highest BCUT2D eigenvalue weighted by Gasteiger charge is 2.25. The fourth-order valence-corrected chi connectivity index (χ4v) is 6.59. The molecule has 42 heavy (non-hydrogen) atoms. The number of likely N-dealkylation sites (tertiary alicyclic amines) is 1. The monoisotopic (exact) mass is 585 g/mol. The predicted molar refractivity (Wildman–Crippen MR) is 166 cm³/mol. The van der Waals surface area contributed by atoms with Crippen molar-refractivity contribution in [3.63, 3.8) is 0 Å². The first-order valence-electron chi connectivity index (χ1n) is 14.2. The molecule has 0 unspecified atom stereocenters. The fourth-order valence-electron chi connectivity index (χ4n) is 6.26. The molecule has 1 aliphatic heterocycles. The van der Waals surface area contributed by atoms with Crippen LogP contribution in [0.1, 0.15) is 49.8 Å². The Labute approximate surface area is 244 Å². The molecular weight excluding hydrogens is 553 g/mol. The first-order chi connectivity index (χ1) is 20.2. The molecule has 1 saturated heterocycles. The third kappa shape index (κ3) is 5.17. The quantitative estimate of drug-likeness (QED) is 0.174. The maximum absolute atomic E-state index is 14.3. The summed E-state index contributed by atoms with van der Waals surface area (Å²) in [7, 11) is -3.06. The van der Waals surface area contributed by atoms with Crippen molar-refractivity contribution in [2.75, 3.05) is 20.1 Å². The van der Waals surface area contributed by atoms with Crippen molar-refractivity contribution in [3.05, 3.63) is 75.9 Å². The van der Waals surface area contributed by atoms with Gasteiger partial charge in [0, 0.05) is 27.9 Å². The zero-order chi connectivity index (χ0) is 29.6. The maximum Gasteiger partial charge on any atom is 0.488 e. The summed E-state index contributed by atoms with van der Waals surface area (Å²) in [4.78, 5) is 20.1. The molecule has 0 bridgehead atoms. The molecule has 0 radical (unpaired) electrons. The van der Waals surface area contributed by atoms with Gasteiger partial charge in [-0.15, -0.1) is 6.42 Å². The van der Waals surface area contributed by atoms with Gasteiger partial charge in [-0.2, -0.15) is 8.42 Å². The molecule has 9 heteroatoms. The Kier molecular flexibility index (Phi) is 7.29. The van der Waals surface area contributed by atoms with E-state index in [0.29, 0.717) is 16.3 Å². The molecular formula is C33H32FN3O4S. The highest BCUT2D eigenvalue weighted by molar-refractivity contribution is 7.81. The van der Waals surface area contributed by atoms with Gasteiger partial charge in [0.1, 0.15) is 11.4 Å². The van der Waals surface area contributed by atoms with E-state index in [2.05, 4.69) is 38.5 Å². The molecule has 5 aromatic rings. The summed E-state index contributed by atoms with van der Waals surface area (Å²) in [6.45, 7) is 3.97. The van der Waals surface area contributed by atoms with Crippen molar-refractivity contribution in [3.8, 4) is 29.2 Å². The molecule has 1 aliphatic rings. The summed E-state index contributed by atoms with van der Waals surface area (Å²) >= 11 is 0. The van der Waals surface area contributed by atoms with Crippen LogP contribution >= 0.6 is 0 Å². The highest BCUT2D eigenvalue weighted by Crippen LogP contribution is 2.37. The van der Waals surface area contributed by atoms with Crippen LogP contribution in [0.3, 0.4) is 0 Å². The van der Waals surface area contributed by atoms with Crippen molar-refractivity contribution in [1.29, 1.82) is 0 Å². The molecule has 3 aromatic carbocycles. The molecule has 0 atom stereocenters. The third-order valence-corrected chi connectivity index (χ3v) is 8.72. The number of fused-ring (bicyclic) bond motifs is 4. The molecule has 0 amide bonds. The van der Waals surface area contributed by atoms with Crippen LogP contribution in [0.4, 0.5) is 3.89 Å². The van der Waals surface area contributed by atoms with Gasteiger partial charge in [-0.1, -0.05) is 41.3 Å². The van der Waals surface area contributed by atoms with Gasteiger partial charge in [-0.25, -0.2) is 0 Å². The lowest BCUT2D eigenvalue weighted by Gasteiger charge is -2.32. The molecule has 0 aliphatic carbocycles. The second kappa shape index (κ2) is 10.9. The van der Waals surface area contributed by atoms with E-state index >= 15 is 0 Å². The number of nitrogens with zero attached hydrogens (tertiary/aromatic N) is 2. The van der Waals surface area contributed by atoms with Gasteiger partial charge >= 0.3 is 10.5 Å². The number of rotatable bonds is 7. The lowest BCUT2D eigenvalue weighted by molar-refractivity contribution is 0.226. The Balaban J connectivity index is 1.68. The van der Waals surface area contributed by atoms with E-state index in [1.165, 1.54) is 12.1 Å². The number of unbranched alkanes of at least 4 members (excludes halogenated alkanes) is 1. The van der Waals surface area contributed by atoms with Crippen LogP contribution in [-0.4, -0.2) is 43.0 Å². The lowest BCUT2D eigenvalue weighted by Crippen LogP contribution is -2.32. The van der Waals surface area contributed by atoms with E-state index in [4.69, 9.17) is 6.42 Å². The maximum atomic E-state index is 14.3. The molecule has 7 nitrogen and oxygen atoms in total. The van der Waals surface area contributed by atoms with Crippen LogP contribution in [0, 0.1) is 12.3 Å². The topological polar surface area (TPSA) is 84.4 Å². The van der Waals surface area contributed by atoms with Gasteiger partial charge in [0.15, 0.2) is 5.43 Å². The van der Waals surface area contributed by atoms with Crippen molar-refractivity contribution in [2.24, 2.45) is 0 Å². The predicted octanol–water partition coefficient (Wildman–Crippen LogP) is 6.49. The van der Waals surface area contributed by atoms with E-state index in [9.17, 15) is 17.1 Å². The zero-order valence-electron chi connectivity index (χ0n) is 23.6. The number of hydrogen-bond donors (Lipinski definition) is 1. The molecule has 3 heterocycles. The summed E-state index contributed by atoms with van der Waals surface area (Å²) < 4.78 is 42.6. The molecule has 1 N–H and O–H groups in total. The number of hydrogen-bond acceptors (Lipinski definition) is 5. The fraction of sp³-hybridized carbons (Fsp3) is 0.303. The smallest absolute Gasteiger partial charge is 0.358 e. The molecule has 0 spiro atoms. The van der Waals surface area contributed by atoms with Crippen LogP contribution < -0.4 is 9.61 Å². The Hall–Kier alpha value is -4.13. The first-order valence-corrected chi connectivity index (χ1v) is 15.5. The summed E-state index contributed by atoms with van der Waals surface area (Å²) in [5.41, 5.74) is 5.56. The van der Waals surface area contributed by atoms with Gasteiger partial charge in [-0.05, 0) is 98.9 Å². The van der Waals surface area contributed by atoms with E-state index in [-0.39, 0.29) is 17.2 Å². The largest absolute Gasteiger partial charge is 0.488 e. The number of H-pyrrole nitrogens is 1. The van der Waals surface area contributed by atoms with Gasteiger partial charge < -0.3 is 18.6 Å². The highest BCUT2D eigenvalue weighted by atomic mass is 32.3. The average molecular weight is 586 g/mol. The zero-order valence-corrected chi connectivity index (χ0v) is 24.4. The SMILES string of the molecule is C#Cc1ccc2c(c1)[nH]c1c2c(=O)c2cc(CCCC)c(-c3cccc(OS(=O)(=O)F)c3)cc2n1C1CCN(C)CC1. The number of aryl methyl sites for hydroxylation is 1. The normalized spacial score (nSPS) is 15.0. The van der Waals surface area contributed by atoms with E-state index < -0.39 is 10.5 Å². The third-order valence-electron chi connectivity index (χ3n) is 8.33. The van der Waals surface area contributed by atoms with Crippen LogP contribution in [0.2, 0.25) is 0 Å². The number of aromatic nitrogens is 2. The number of benzene rings is 3. The number of terminal acetylenes is 1. The van der Waals surface area contributed by atoms with Crippen molar-refractivity contribution < 1.29 is 16.5 Å². The molecule has 1 fully saturated rings. The number of nitrogens with one attached hydrogen (secondary N) is 1. The number of aromatic amines is 1. The average Bonchev–Trinajstić information content (AvgIpc) is 3.34. The summed E-state index contributed by atoms with van der Waals surface area (Å²) in [6, 6.07) is 16.3. The van der Waals surface area contributed by atoms with E-state index in [1.54, 1.807) is 6.07 Å². The Morgan fingerprint density at radius 1 is 1.10 bits per heavy atom. The van der Waals surface area contributed by atoms with Crippen molar-refractivity contribution in [2.45, 2.75) is 45.1 Å². The number of piperidine rings is 1. The Morgan fingerprint density at radius 3 is 2.60 bits per heavy atom.